The normalized spacial score (nSPS) is 15.5. The van der Waals surface area contributed by atoms with Crippen LogP contribution < -0.4 is 0 Å². The highest BCUT2D eigenvalue weighted by molar-refractivity contribution is 6.71. The first-order valence-corrected chi connectivity index (χ1v) is 10.7. The van der Waals surface area contributed by atoms with E-state index in [2.05, 4.69) is 13.1 Å². The fourth-order valence-electron chi connectivity index (χ4n) is 1.93. The average molecular weight is 318 g/mol. The Balaban J connectivity index is 0.000000166. The maximum Gasteiger partial charge on any atom is 0.186 e. The molecule has 22 heavy (non-hydrogen) atoms. The van der Waals surface area contributed by atoms with E-state index in [0.29, 0.717) is 11.5 Å². The van der Waals surface area contributed by atoms with Crippen molar-refractivity contribution in [1.29, 1.82) is 0 Å². The molecule has 0 aliphatic carbocycles. The molecule has 0 radical (unpaired) electrons. The zero-order valence-corrected chi connectivity index (χ0v) is 14.4. The zero-order valence-electron chi connectivity index (χ0n) is 13.4. The first kappa shape index (κ1) is 18.3. The van der Waals surface area contributed by atoms with Crippen LogP contribution in [0, 0.1) is 0 Å². The molecule has 4 heteroatoms. The van der Waals surface area contributed by atoms with Crippen molar-refractivity contribution in [3.63, 3.8) is 0 Å². The molecule has 120 valence electrons. The molecule has 2 aromatic rings. The van der Waals surface area contributed by atoms with Crippen LogP contribution in [-0.2, 0) is 4.43 Å². The summed E-state index contributed by atoms with van der Waals surface area (Å²) >= 11 is 0. The number of hydrogen-bond acceptors (Lipinski definition) is 3. The van der Waals surface area contributed by atoms with Crippen LogP contribution in [-0.4, -0.2) is 25.1 Å². The Labute approximate surface area is 134 Å². The minimum atomic E-state index is -1.09. The number of aromatic hydroxyl groups is 2. The summed E-state index contributed by atoms with van der Waals surface area (Å²) in [5.41, 5.74) is 0. The second-order valence-corrected chi connectivity index (χ2v) is 10.0. The molecule has 0 aromatic heterocycles. The maximum absolute atomic E-state index is 8.63. The highest BCUT2D eigenvalue weighted by atomic mass is 28.4. The molecule has 0 amide bonds. The van der Waals surface area contributed by atoms with Crippen LogP contribution in [0.25, 0.3) is 0 Å². The van der Waals surface area contributed by atoms with E-state index in [4.69, 9.17) is 14.6 Å². The molecular formula is C18H26O3Si. The number of para-hydroxylation sites is 2. The Bertz CT molecular complexity index is 455. The van der Waals surface area contributed by atoms with Gasteiger partial charge in [-0.3, -0.25) is 0 Å². The summed E-state index contributed by atoms with van der Waals surface area (Å²) in [5, 5.41) is 17.3. The molecule has 0 saturated carbocycles. The first-order valence-electron chi connectivity index (χ1n) is 7.61. The van der Waals surface area contributed by atoms with Crippen molar-refractivity contribution in [2.24, 2.45) is 0 Å². The van der Waals surface area contributed by atoms with E-state index in [-0.39, 0.29) is 0 Å². The number of rotatable bonds is 0. The molecular weight excluding hydrogens is 292 g/mol. The van der Waals surface area contributed by atoms with Crippen molar-refractivity contribution >= 4 is 8.32 Å². The van der Waals surface area contributed by atoms with Crippen molar-refractivity contribution in [3.8, 4) is 11.5 Å². The van der Waals surface area contributed by atoms with Gasteiger partial charge < -0.3 is 14.6 Å². The molecule has 1 heterocycles. The van der Waals surface area contributed by atoms with Gasteiger partial charge >= 0.3 is 0 Å². The summed E-state index contributed by atoms with van der Waals surface area (Å²) in [6.07, 6.45) is 2.69. The van der Waals surface area contributed by atoms with Gasteiger partial charge in [-0.2, -0.15) is 0 Å². The van der Waals surface area contributed by atoms with Crippen molar-refractivity contribution in [2.75, 3.05) is 6.61 Å². The van der Waals surface area contributed by atoms with Crippen molar-refractivity contribution < 1.29 is 14.6 Å². The monoisotopic (exact) mass is 318 g/mol. The fourth-order valence-corrected chi connectivity index (χ4v) is 3.87. The molecule has 2 aromatic carbocycles. The zero-order chi connectivity index (χ0) is 16.3. The van der Waals surface area contributed by atoms with E-state index in [1.165, 1.54) is 18.9 Å². The van der Waals surface area contributed by atoms with Gasteiger partial charge in [0.1, 0.15) is 11.5 Å². The predicted molar refractivity (Wildman–Crippen MR) is 93.7 cm³/mol. The number of hydrogen-bond donors (Lipinski definition) is 2. The van der Waals surface area contributed by atoms with Gasteiger partial charge in [0.05, 0.1) is 0 Å². The van der Waals surface area contributed by atoms with Crippen LogP contribution in [0.1, 0.15) is 12.8 Å². The molecule has 1 aliphatic heterocycles. The van der Waals surface area contributed by atoms with Gasteiger partial charge in [0.2, 0.25) is 0 Å². The Kier molecular flexibility index (Phi) is 8.33. The molecule has 0 unspecified atom stereocenters. The van der Waals surface area contributed by atoms with Crippen LogP contribution >= 0.6 is 0 Å². The SMILES string of the molecule is C[Si]1(C)CCCCO1.Oc1ccccc1.Oc1ccccc1. The van der Waals surface area contributed by atoms with E-state index in [9.17, 15) is 0 Å². The molecule has 0 bridgehead atoms. The van der Waals surface area contributed by atoms with Gasteiger partial charge in [0.15, 0.2) is 8.32 Å². The highest BCUT2D eigenvalue weighted by Gasteiger charge is 2.24. The van der Waals surface area contributed by atoms with Crippen LogP contribution in [0.15, 0.2) is 60.7 Å². The average Bonchev–Trinajstić information content (AvgIpc) is 2.50. The number of phenols is 2. The third-order valence-electron chi connectivity index (χ3n) is 3.18. The predicted octanol–water partition coefficient (Wildman–Crippen LogP) is 4.79. The standard InChI is InChI=1S/C6H14OSi.2C6H6O/c1-8(2)6-4-3-5-7-8;2*7-6-4-2-1-3-5-6/h3-6H2,1-2H3;2*1-5,7H. The second-order valence-electron chi connectivity index (χ2n) is 5.74. The summed E-state index contributed by atoms with van der Waals surface area (Å²) in [5.74, 6) is 0.644. The van der Waals surface area contributed by atoms with Crippen LogP contribution in [0.3, 0.4) is 0 Å². The number of phenolic OH excluding ortho intramolecular Hbond substituents is 2. The van der Waals surface area contributed by atoms with Crippen LogP contribution in [0.5, 0.6) is 11.5 Å². The summed E-state index contributed by atoms with van der Waals surface area (Å²) < 4.78 is 5.60. The Hall–Kier alpha value is -1.78. The quantitative estimate of drug-likeness (QED) is 0.687. The van der Waals surface area contributed by atoms with Crippen molar-refractivity contribution in [3.05, 3.63) is 60.7 Å². The summed E-state index contributed by atoms with van der Waals surface area (Å²) in [6.45, 7) is 5.62. The van der Waals surface area contributed by atoms with Crippen molar-refractivity contribution in [2.45, 2.75) is 32.0 Å². The van der Waals surface area contributed by atoms with E-state index in [0.717, 1.165) is 6.61 Å². The molecule has 1 fully saturated rings. The summed E-state index contributed by atoms with van der Waals surface area (Å²) in [4.78, 5) is 0. The number of benzene rings is 2. The van der Waals surface area contributed by atoms with Gasteiger partial charge in [-0.05, 0) is 49.8 Å². The van der Waals surface area contributed by atoms with E-state index < -0.39 is 8.32 Å². The Morgan fingerprint density at radius 2 is 1.23 bits per heavy atom. The summed E-state index contributed by atoms with van der Waals surface area (Å²) in [6, 6.07) is 18.8. The molecule has 0 atom stereocenters. The summed E-state index contributed by atoms with van der Waals surface area (Å²) in [7, 11) is -1.09. The van der Waals surface area contributed by atoms with Crippen LogP contribution in [0.2, 0.25) is 19.1 Å². The molecule has 1 saturated heterocycles. The Morgan fingerprint density at radius 1 is 0.773 bits per heavy atom. The van der Waals surface area contributed by atoms with E-state index >= 15 is 0 Å². The fraction of sp³-hybridized carbons (Fsp3) is 0.333. The molecule has 1 aliphatic rings. The molecule has 2 N–H and O–H groups in total. The van der Waals surface area contributed by atoms with E-state index in [1.54, 1.807) is 48.5 Å². The third kappa shape index (κ3) is 9.21. The largest absolute Gasteiger partial charge is 0.508 e. The van der Waals surface area contributed by atoms with Gasteiger partial charge in [-0.25, -0.2) is 0 Å². The lowest BCUT2D eigenvalue weighted by atomic mass is 10.3. The topological polar surface area (TPSA) is 49.7 Å². The van der Waals surface area contributed by atoms with Gasteiger partial charge in [0, 0.05) is 6.61 Å². The minimum Gasteiger partial charge on any atom is -0.508 e. The smallest absolute Gasteiger partial charge is 0.186 e. The Morgan fingerprint density at radius 3 is 1.41 bits per heavy atom. The van der Waals surface area contributed by atoms with Gasteiger partial charge in [-0.1, -0.05) is 42.8 Å². The lowest BCUT2D eigenvalue weighted by molar-refractivity contribution is 0.275. The highest BCUT2D eigenvalue weighted by Crippen LogP contribution is 2.20. The van der Waals surface area contributed by atoms with Crippen LogP contribution in [0.4, 0.5) is 0 Å². The van der Waals surface area contributed by atoms with Crippen molar-refractivity contribution in [1.82, 2.24) is 0 Å². The lowest BCUT2D eigenvalue weighted by Crippen LogP contribution is -2.33. The van der Waals surface area contributed by atoms with Gasteiger partial charge in [0.25, 0.3) is 0 Å². The molecule has 3 nitrogen and oxygen atoms in total. The molecule has 0 spiro atoms. The second kappa shape index (κ2) is 10.0. The van der Waals surface area contributed by atoms with Gasteiger partial charge in [-0.15, -0.1) is 0 Å². The third-order valence-corrected chi connectivity index (χ3v) is 5.72. The first-order chi connectivity index (χ1) is 10.5. The molecule has 3 rings (SSSR count). The van der Waals surface area contributed by atoms with E-state index in [1.807, 2.05) is 12.1 Å². The maximum atomic E-state index is 8.63. The lowest BCUT2D eigenvalue weighted by Gasteiger charge is -2.27. The minimum absolute atomic E-state index is 0.322.